The van der Waals surface area contributed by atoms with Crippen LogP contribution in [0.15, 0.2) is 53.7 Å². The van der Waals surface area contributed by atoms with Gasteiger partial charge in [0.25, 0.3) is 0 Å². The summed E-state index contributed by atoms with van der Waals surface area (Å²) < 4.78 is 31.7. The lowest BCUT2D eigenvalue weighted by atomic mass is 9.94. The highest BCUT2D eigenvalue weighted by molar-refractivity contribution is 6.00. The lowest BCUT2D eigenvalue weighted by molar-refractivity contribution is -0.139. The zero-order valence-electron chi connectivity index (χ0n) is 19.1. The maximum atomic E-state index is 13.4. The standard InChI is InChI=1S/C24H26F2N4O4/c1-4-11-30-14(3)20(22(31)34-5-2)21(29-24(30)33)15-7-6-8-16(12-15)27-23(32)28-17-9-10-18(25)19(26)13-17/h6-10,12-13,21H,4-5,11H2,1-3H3,(H,29,33)(H2,27,28,32). The van der Waals surface area contributed by atoms with E-state index in [2.05, 4.69) is 16.0 Å². The molecule has 2 aromatic carbocycles. The van der Waals surface area contributed by atoms with Gasteiger partial charge in [-0.25, -0.2) is 23.2 Å². The van der Waals surface area contributed by atoms with Gasteiger partial charge in [-0.1, -0.05) is 19.1 Å². The second-order valence-corrected chi connectivity index (χ2v) is 7.59. The number of allylic oxidation sites excluding steroid dienone is 1. The van der Waals surface area contributed by atoms with Crippen LogP contribution >= 0.6 is 0 Å². The number of anilines is 2. The van der Waals surface area contributed by atoms with E-state index in [0.717, 1.165) is 12.1 Å². The normalized spacial score (nSPS) is 15.6. The zero-order chi connectivity index (χ0) is 24.8. The van der Waals surface area contributed by atoms with Gasteiger partial charge in [0.05, 0.1) is 18.2 Å². The fraction of sp³-hybridized carbons (Fsp3) is 0.292. The van der Waals surface area contributed by atoms with Crippen LogP contribution in [0.1, 0.15) is 38.8 Å². The van der Waals surface area contributed by atoms with Crippen LogP contribution in [0.2, 0.25) is 0 Å². The Bertz CT molecular complexity index is 1140. The van der Waals surface area contributed by atoms with Crippen LogP contribution in [0.5, 0.6) is 0 Å². The highest BCUT2D eigenvalue weighted by Crippen LogP contribution is 2.32. The van der Waals surface area contributed by atoms with Crippen molar-refractivity contribution < 1.29 is 27.9 Å². The number of nitrogens with zero attached hydrogens (tertiary/aromatic N) is 1. The number of nitrogens with one attached hydrogen (secondary N) is 3. The Labute approximate surface area is 196 Å². The number of esters is 1. The molecule has 0 aliphatic carbocycles. The van der Waals surface area contributed by atoms with Crippen molar-refractivity contribution in [3.63, 3.8) is 0 Å². The van der Waals surface area contributed by atoms with Gasteiger partial charge in [0.1, 0.15) is 0 Å². The van der Waals surface area contributed by atoms with E-state index in [4.69, 9.17) is 4.74 Å². The molecular formula is C24H26F2N4O4. The van der Waals surface area contributed by atoms with E-state index < -0.39 is 29.7 Å². The highest BCUT2D eigenvalue weighted by atomic mass is 19.2. The number of rotatable bonds is 7. The summed E-state index contributed by atoms with van der Waals surface area (Å²) in [6.07, 6.45) is 0.706. The number of amides is 4. The fourth-order valence-electron chi connectivity index (χ4n) is 3.66. The molecule has 0 spiro atoms. The molecule has 0 saturated carbocycles. The van der Waals surface area contributed by atoms with Crippen molar-refractivity contribution >= 4 is 29.4 Å². The Balaban J connectivity index is 1.86. The van der Waals surface area contributed by atoms with E-state index >= 15 is 0 Å². The molecule has 10 heteroatoms. The summed E-state index contributed by atoms with van der Waals surface area (Å²) in [6, 6.07) is 7.80. The summed E-state index contributed by atoms with van der Waals surface area (Å²) >= 11 is 0. The molecule has 1 unspecified atom stereocenters. The number of benzene rings is 2. The number of carbonyl (C=O) groups excluding carboxylic acids is 3. The number of hydrogen-bond acceptors (Lipinski definition) is 4. The molecule has 2 aromatic rings. The van der Waals surface area contributed by atoms with Gasteiger partial charge in [0.15, 0.2) is 11.6 Å². The highest BCUT2D eigenvalue weighted by Gasteiger charge is 2.36. The smallest absolute Gasteiger partial charge is 0.338 e. The van der Waals surface area contributed by atoms with Gasteiger partial charge in [-0.15, -0.1) is 0 Å². The van der Waals surface area contributed by atoms with Crippen molar-refractivity contribution in [2.75, 3.05) is 23.8 Å². The van der Waals surface area contributed by atoms with E-state index in [1.807, 2.05) is 6.92 Å². The minimum atomic E-state index is -1.08. The SMILES string of the molecule is CCCN1C(=O)NC(c2cccc(NC(=O)Nc3ccc(F)c(F)c3)c2)C(C(=O)OCC)=C1C. The van der Waals surface area contributed by atoms with Gasteiger partial charge in [-0.2, -0.15) is 0 Å². The van der Waals surface area contributed by atoms with Crippen molar-refractivity contribution in [1.29, 1.82) is 0 Å². The van der Waals surface area contributed by atoms with Gasteiger partial charge >= 0.3 is 18.0 Å². The Hall–Kier alpha value is -3.95. The van der Waals surface area contributed by atoms with E-state index in [1.165, 1.54) is 11.0 Å². The summed E-state index contributed by atoms with van der Waals surface area (Å²) in [6.45, 7) is 5.95. The van der Waals surface area contributed by atoms with Gasteiger partial charge < -0.3 is 20.7 Å². The van der Waals surface area contributed by atoms with E-state index in [0.29, 0.717) is 35.5 Å². The lowest BCUT2D eigenvalue weighted by Crippen LogP contribution is -2.48. The molecule has 1 aliphatic heterocycles. The zero-order valence-corrected chi connectivity index (χ0v) is 19.1. The molecule has 0 saturated heterocycles. The third-order valence-electron chi connectivity index (χ3n) is 5.19. The molecule has 0 fully saturated rings. The topological polar surface area (TPSA) is 99.8 Å². The van der Waals surface area contributed by atoms with Crippen LogP contribution in [0.3, 0.4) is 0 Å². The Morgan fingerprint density at radius 3 is 2.41 bits per heavy atom. The molecule has 0 radical (unpaired) electrons. The lowest BCUT2D eigenvalue weighted by Gasteiger charge is -2.35. The largest absolute Gasteiger partial charge is 0.463 e. The Morgan fingerprint density at radius 2 is 1.76 bits per heavy atom. The molecule has 0 bridgehead atoms. The maximum absolute atomic E-state index is 13.4. The fourth-order valence-corrected chi connectivity index (χ4v) is 3.66. The van der Waals surface area contributed by atoms with Gasteiger partial charge in [0, 0.05) is 29.7 Å². The number of carbonyl (C=O) groups is 3. The molecule has 4 amide bonds. The van der Waals surface area contributed by atoms with Crippen LogP contribution in [0, 0.1) is 11.6 Å². The number of urea groups is 2. The van der Waals surface area contributed by atoms with Crippen molar-refractivity contribution in [3.8, 4) is 0 Å². The third kappa shape index (κ3) is 5.51. The minimum Gasteiger partial charge on any atom is -0.463 e. The monoisotopic (exact) mass is 472 g/mol. The first kappa shape index (κ1) is 24.7. The number of hydrogen-bond donors (Lipinski definition) is 3. The first-order valence-corrected chi connectivity index (χ1v) is 10.8. The van der Waals surface area contributed by atoms with E-state index in [-0.39, 0.29) is 18.3 Å². The third-order valence-corrected chi connectivity index (χ3v) is 5.19. The molecule has 34 heavy (non-hydrogen) atoms. The summed E-state index contributed by atoms with van der Waals surface area (Å²) in [5, 5.41) is 7.86. The van der Waals surface area contributed by atoms with Crippen LogP contribution in [0.25, 0.3) is 0 Å². The number of ether oxygens (including phenoxy) is 1. The predicted molar refractivity (Wildman–Crippen MR) is 123 cm³/mol. The minimum absolute atomic E-state index is 0.0752. The molecular weight excluding hydrogens is 446 g/mol. The maximum Gasteiger partial charge on any atom is 0.338 e. The molecule has 180 valence electrons. The predicted octanol–water partition coefficient (Wildman–Crippen LogP) is 4.92. The van der Waals surface area contributed by atoms with Gasteiger partial charge in [-0.05, 0) is 50.1 Å². The summed E-state index contributed by atoms with van der Waals surface area (Å²) in [5.74, 6) is -2.65. The van der Waals surface area contributed by atoms with E-state index in [9.17, 15) is 23.2 Å². The van der Waals surface area contributed by atoms with E-state index in [1.54, 1.807) is 38.1 Å². The first-order chi connectivity index (χ1) is 16.2. The Kier molecular flexibility index (Phi) is 7.83. The average Bonchev–Trinajstić information content (AvgIpc) is 2.79. The van der Waals surface area contributed by atoms with Crippen LogP contribution in [-0.2, 0) is 9.53 Å². The molecule has 8 nitrogen and oxygen atoms in total. The molecule has 3 rings (SSSR count). The van der Waals surface area contributed by atoms with Crippen molar-refractivity contribution in [2.24, 2.45) is 0 Å². The van der Waals surface area contributed by atoms with Crippen LogP contribution < -0.4 is 16.0 Å². The second kappa shape index (κ2) is 10.8. The van der Waals surface area contributed by atoms with Crippen molar-refractivity contribution in [1.82, 2.24) is 10.2 Å². The molecule has 1 atom stereocenters. The van der Waals surface area contributed by atoms with Crippen LogP contribution in [-0.4, -0.2) is 36.1 Å². The Morgan fingerprint density at radius 1 is 1.06 bits per heavy atom. The molecule has 3 N–H and O–H groups in total. The van der Waals surface area contributed by atoms with Crippen molar-refractivity contribution in [3.05, 3.63) is 70.9 Å². The molecule has 1 heterocycles. The van der Waals surface area contributed by atoms with Crippen LogP contribution in [0.4, 0.5) is 29.7 Å². The average molecular weight is 472 g/mol. The molecule has 0 aromatic heterocycles. The summed E-state index contributed by atoms with van der Waals surface area (Å²) in [5.41, 5.74) is 1.80. The first-order valence-electron chi connectivity index (χ1n) is 10.8. The summed E-state index contributed by atoms with van der Waals surface area (Å²) in [4.78, 5) is 39.3. The van der Waals surface area contributed by atoms with Crippen molar-refractivity contribution in [2.45, 2.75) is 33.2 Å². The van der Waals surface area contributed by atoms with Gasteiger partial charge in [0.2, 0.25) is 0 Å². The number of halogens is 2. The second-order valence-electron chi connectivity index (χ2n) is 7.59. The quantitative estimate of drug-likeness (QED) is 0.498. The molecule has 1 aliphatic rings. The van der Waals surface area contributed by atoms with Gasteiger partial charge in [-0.3, -0.25) is 4.90 Å². The summed E-state index contributed by atoms with van der Waals surface area (Å²) in [7, 11) is 0.